The minimum Gasteiger partial charge on any atom is -0.482 e. The smallest absolute Gasteiger partial charge is 0.344 e. The predicted molar refractivity (Wildman–Crippen MR) is 91.2 cm³/mol. The molecule has 1 aromatic heterocycles. The van der Waals surface area contributed by atoms with Crippen LogP contribution in [0, 0.1) is 18.3 Å². The molecule has 26 heavy (non-hydrogen) atoms. The number of aromatic amines is 1. The molecular weight excluding hydrogens is 336 g/mol. The first-order valence-electron chi connectivity index (χ1n) is 8.06. The number of H-pyrrole nitrogens is 1. The van der Waals surface area contributed by atoms with Gasteiger partial charge in [-0.05, 0) is 31.5 Å². The van der Waals surface area contributed by atoms with E-state index in [2.05, 4.69) is 16.3 Å². The second-order valence-electron chi connectivity index (χ2n) is 5.65. The zero-order valence-electron chi connectivity index (χ0n) is 14.4. The van der Waals surface area contributed by atoms with Gasteiger partial charge in [-0.2, -0.15) is 5.26 Å². The first kappa shape index (κ1) is 17.4. The predicted octanol–water partition coefficient (Wildman–Crippen LogP) is 1.88. The highest BCUT2D eigenvalue weighted by atomic mass is 16.6. The van der Waals surface area contributed by atoms with Crippen LogP contribution in [0.5, 0.6) is 11.6 Å². The van der Waals surface area contributed by atoms with Gasteiger partial charge < -0.3 is 19.9 Å². The van der Waals surface area contributed by atoms with Gasteiger partial charge in [-0.3, -0.25) is 5.10 Å². The molecule has 0 amide bonds. The number of rotatable bonds is 5. The molecule has 0 radical (unpaired) electrons. The molecule has 0 aliphatic carbocycles. The Bertz CT molecular complexity index is 893. The summed E-state index contributed by atoms with van der Waals surface area (Å²) in [5, 5.41) is 16.5. The second-order valence-corrected chi connectivity index (χ2v) is 5.65. The highest BCUT2D eigenvalue weighted by Crippen LogP contribution is 2.42. The molecule has 3 rings (SSSR count). The fourth-order valence-corrected chi connectivity index (χ4v) is 2.83. The lowest BCUT2D eigenvalue weighted by molar-refractivity contribution is -0.145. The van der Waals surface area contributed by atoms with E-state index in [1.165, 1.54) is 0 Å². The van der Waals surface area contributed by atoms with Gasteiger partial charge in [-0.15, -0.1) is 5.10 Å². The number of aromatic nitrogens is 2. The van der Waals surface area contributed by atoms with E-state index in [-0.39, 0.29) is 18.4 Å². The number of benzene rings is 1. The van der Waals surface area contributed by atoms with E-state index in [4.69, 9.17) is 19.9 Å². The molecule has 1 aromatic carbocycles. The summed E-state index contributed by atoms with van der Waals surface area (Å²) in [5.74, 6) is 0.114. The summed E-state index contributed by atoms with van der Waals surface area (Å²) in [5.41, 5.74) is 8.62. The quantitative estimate of drug-likeness (QED) is 0.786. The van der Waals surface area contributed by atoms with Crippen molar-refractivity contribution in [2.24, 2.45) is 5.73 Å². The third-order valence-corrected chi connectivity index (χ3v) is 4.00. The number of fused-ring (bicyclic) bond motifs is 1. The normalized spacial score (nSPS) is 15.7. The Kier molecular flexibility index (Phi) is 4.80. The van der Waals surface area contributed by atoms with Gasteiger partial charge in [0, 0.05) is 11.3 Å². The lowest BCUT2D eigenvalue weighted by Gasteiger charge is -2.23. The molecule has 3 N–H and O–H groups in total. The van der Waals surface area contributed by atoms with Crippen molar-refractivity contribution in [1.29, 1.82) is 5.26 Å². The molecule has 0 saturated carbocycles. The zero-order valence-corrected chi connectivity index (χ0v) is 14.4. The minimum absolute atomic E-state index is 0.0409. The number of nitrogens with zero attached hydrogens (tertiary/aromatic N) is 2. The van der Waals surface area contributed by atoms with Gasteiger partial charge in [-0.25, -0.2) is 4.79 Å². The van der Waals surface area contributed by atoms with Crippen molar-refractivity contribution < 1.29 is 19.0 Å². The van der Waals surface area contributed by atoms with Crippen LogP contribution in [0.2, 0.25) is 0 Å². The molecule has 0 spiro atoms. The van der Waals surface area contributed by atoms with Crippen LogP contribution in [0.1, 0.15) is 29.7 Å². The van der Waals surface area contributed by atoms with E-state index in [9.17, 15) is 10.1 Å². The second kappa shape index (κ2) is 7.19. The number of aryl methyl sites for hydroxylation is 1. The molecule has 1 aliphatic heterocycles. The van der Waals surface area contributed by atoms with Crippen LogP contribution in [-0.4, -0.2) is 29.4 Å². The molecule has 0 saturated heterocycles. The number of carbonyl (C=O) groups is 1. The molecule has 1 unspecified atom stereocenters. The Labute approximate surface area is 150 Å². The van der Waals surface area contributed by atoms with Gasteiger partial charge in [0.2, 0.25) is 11.8 Å². The van der Waals surface area contributed by atoms with Gasteiger partial charge in [0.25, 0.3) is 0 Å². The van der Waals surface area contributed by atoms with E-state index in [0.29, 0.717) is 23.8 Å². The van der Waals surface area contributed by atoms with Gasteiger partial charge in [0.05, 0.1) is 12.5 Å². The summed E-state index contributed by atoms with van der Waals surface area (Å²) in [6.45, 7) is 3.74. The van der Waals surface area contributed by atoms with Crippen LogP contribution in [0.25, 0.3) is 0 Å². The van der Waals surface area contributed by atoms with Crippen molar-refractivity contribution in [3.05, 3.63) is 52.5 Å². The summed E-state index contributed by atoms with van der Waals surface area (Å²) in [6, 6.07) is 9.21. The van der Waals surface area contributed by atoms with Gasteiger partial charge in [-0.1, -0.05) is 12.1 Å². The summed E-state index contributed by atoms with van der Waals surface area (Å²) in [4.78, 5) is 11.4. The number of carbonyl (C=O) groups excluding carboxylic acids is 1. The van der Waals surface area contributed by atoms with Gasteiger partial charge in [0.15, 0.2) is 6.61 Å². The van der Waals surface area contributed by atoms with Crippen molar-refractivity contribution in [3.63, 3.8) is 0 Å². The Hall–Kier alpha value is -3.47. The summed E-state index contributed by atoms with van der Waals surface area (Å²) < 4.78 is 15.7. The van der Waals surface area contributed by atoms with Crippen LogP contribution < -0.4 is 15.2 Å². The third-order valence-electron chi connectivity index (χ3n) is 4.00. The minimum atomic E-state index is -0.429. The summed E-state index contributed by atoms with van der Waals surface area (Å²) >= 11 is 0. The fourth-order valence-electron chi connectivity index (χ4n) is 2.83. The van der Waals surface area contributed by atoms with E-state index in [1.807, 2.05) is 19.1 Å². The van der Waals surface area contributed by atoms with Gasteiger partial charge >= 0.3 is 5.97 Å². The van der Waals surface area contributed by atoms with Crippen molar-refractivity contribution in [2.45, 2.75) is 19.8 Å². The Balaban J connectivity index is 1.87. The number of hydrogen-bond acceptors (Lipinski definition) is 7. The molecule has 8 nitrogen and oxygen atoms in total. The largest absolute Gasteiger partial charge is 0.482 e. The molecule has 8 heteroatoms. The van der Waals surface area contributed by atoms with Crippen molar-refractivity contribution >= 4 is 5.97 Å². The molecule has 134 valence electrons. The summed E-state index contributed by atoms with van der Waals surface area (Å²) in [6.07, 6.45) is 0. The molecule has 2 aromatic rings. The Morgan fingerprint density at radius 1 is 1.42 bits per heavy atom. The Morgan fingerprint density at radius 3 is 2.81 bits per heavy atom. The lowest BCUT2D eigenvalue weighted by atomic mass is 9.84. The number of allylic oxidation sites excluding steroid dienone is 1. The van der Waals surface area contributed by atoms with E-state index in [1.54, 1.807) is 19.1 Å². The third kappa shape index (κ3) is 3.19. The number of nitrogens with two attached hydrogens (primary N) is 1. The maximum atomic E-state index is 11.4. The SMILES string of the molecule is CCOC(=O)COc1ccc(C2C(C#N)=C(N)Oc3n[nH]c(C)c32)cc1. The molecule has 0 fully saturated rings. The highest BCUT2D eigenvalue weighted by molar-refractivity contribution is 5.71. The Morgan fingerprint density at radius 2 is 2.15 bits per heavy atom. The van der Waals surface area contributed by atoms with E-state index < -0.39 is 5.97 Å². The zero-order chi connectivity index (χ0) is 18.7. The topological polar surface area (TPSA) is 123 Å². The molecular formula is C18H18N4O4. The van der Waals surface area contributed by atoms with Crippen LogP contribution in [0.15, 0.2) is 35.7 Å². The molecule has 2 heterocycles. The number of nitriles is 1. The summed E-state index contributed by atoms with van der Waals surface area (Å²) in [7, 11) is 0. The molecule has 0 bridgehead atoms. The first-order valence-corrected chi connectivity index (χ1v) is 8.06. The van der Waals surface area contributed by atoms with Crippen molar-refractivity contribution in [1.82, 2.24) is 10.2 Å². The average molecular weight is 354 g/mol. The first-order chi connectivity index (χ1) is 12.5. The lowest BCUT2D eigenvalue weighted by Crippen LogP contribution is -2.21. The van der Waals surface area contributed by atoms with Crippen molar-refractivity contribution in [2.75, 3.05) is 13.2 Å². The van der Waals surface area contributed by atoms with Crippen LogP contribution >= 0.6 is 0 Å². The average Bonchev–Trinajstić information content (AvgIpc) is 3.00. The maximum absolute atomic E-state index is 11.4. The highest BCUT2D eigenvalue weighted by Gasteiger charge is 2.34. The van der Waals surface area contributed by atoms with Crippen LogP contribution in [0.3, 0.4) is 0 Å². The van der Waals surface area contributed by atoms with E-state index in [0.717, 1.165) is 16.8 Å². The van der Waals surface area contributed by atoms with E-state index >= 15 is 0 Å². The van der Waals surface area contributed by atoms with Crippen LogP contribution in [-0.2, 0) is 9.53 Å². The number of esters is 1. The number of ether oxygens (including phenoxy) is 3. The maximum Gasteiger partial charge on any atom is 0.344 e. The number of nitrogens with one attached hydrogen (secondary N) is 1. The fraction of sp³-hybridized carbons (Fsp3) is 0.278. The monoisotopic (exact) mass is 354 g/mol. The van der Waals surface area contributed by atoms with Crippen LogP contribution in [0.4, 0.5) is 0 Å². The van der Waals surface area contributed by atoms with Crippen molar-refractivity contribution in [3.8, 4) is 17.7 Å². The standard InChI is InChI=1S/C18H18N4O4/c1-3-24-14(23)9-25-12-6-4-11(5-7-12)16-13(8-19)17(20)26-18-15(16)10(2)21-22-18/h4-7,16H,3,9,20H2,1-2H3,(H,21,22). The molecule has 1 aliphatic rings. The van der Waals surface area contributed by atoms with Gasteiger partial charge in [0.1, 0.15) is 17.4 Å². The number of hydrogen-bond donors (Lipinski definition) is 2. The molecule has 1 atom stereocenters.